The van der Waals surface area contributed by atoms with E-state index in [1.807, 2.05) is 0 Å². The van der Waals surface area contributed by atoms with Crippen molar-refractivity contribution < 1.29 is 19.5 Å². The summed E-state index contributed by atoms with van der Waals surface area (Å²) in [5.74, 6) is -2.36. The number of carboxylic acids is 1. The summed E-state index contributed by atoms with van der Waals surface area (Å²) in [7, 11) is 1.59. The highest BCUT2D eigenvalue weighted by molar-refractivity contribution is 6.52. The summed E-state index contributed by atoms with van der Waals surface area (Å²) >= 11 is 0. The van der Waals surface area contributed by atoms with Crippen LogP contribution in [-0.2, 0) is 18.4 Å². The van der Waals surface area contributed by atoms with Gasteiger partial charge in [-0.1, -0.05) is 12.1 Å². The second-order valence-corrected chi connectivity index (χ2v) is 4.67. The third-order valence-electron chi connectivity index (χ3n) is 3.48. The number of ketones is 1. The maximum Gasteiger partial charge on any atom is 0.339 e. The van der Waals surface area contributed by atoms with Crippen molar-refractivity contribution in [3.8, 4) is 0 Å². The summed E-state index contributed by atoms with van der Waals surface area (Å²) in [5.41, 5.74) is 1.20. The summed E-state index contributed by atoms with van der Waals surface area (Å²) in [6, 6.07) is 6.64. The second-order valence-electron chi connectivity index (χ2n) is 4.67. The fourth-order valence-electron chi connectivity index (χ4n) is 2.38. The highest BCUT2D eigenvalue weighted by Crippen LogP contribution is 2.30. The van der Waals surface area contributed by atoms with Crippen molar-refractivity contribution in [2.75, 3.05) is 4.90 Å². The molecule has 21 heavy (non-hydrogen) atoms. The number of carbonyl (C=O) groups excluding carboxylic acids is 2. The fraction of sp³-hybridized carbons (Fsp3) is 0.143. The molecule has 0 fully saturated rings. The number of hydrogen-bond acceptors (Lipinski definition) is 4. The first kappa shape index (κ1) is 13.0. The van der Waals surface area contributed by atoms with Gasteiger partial charge in [0.25, 0.3) is 11.7 Å². The van der Waals surface area contributed by atoms with Crippen LogP contribution < -0.4 is 4.90 Å². The number of nitrogens with zero attached hydrogens (tertiary/aromatic N) is 3. The van der Waals surface area contributed by atoms with Crippen LogP contribution in [-0.4, -0.2) is 32.5 Å². The van der Waals surface area contributed by atoms with Crippen molar-refractivity contribution in [1.29, 1.82) is 0 Å². The molecule has 2 aromatic rings. The molecular weight excluding hydrogens is 274 g/mol. The number of fused-ring (bicyclic) bond motifs is 1. The zero-order valence-corrected chi connectivity index (χ0v) is 11.1. The van der Waals surface area contributed by atoms with E-state index in [4.69, 9.17) is 5.11 Å². The van der Waals surface area contributed by atoms with Crippen LogP contribution in [0, 0.1) is 0 Å². The molecule has 1 amide bonds. The van der Waals surface area contributed by atoms with Crippen LogP contribution in [0.25, 0.3) is 0 Å². The van der Waals surface area contributed by atoms with Crippen LogP contribution in [0.1, 0.15) is 26.4 Å². The third kappa shape index (κ3) is 1.90. The number of anilines is 1. The van der Waals surface area contributed by atoms with E-state index in [0.29, 0.717) is 16.9 Å². The minimum atomic E-state index is -1.12. The molecule has 7 nitrogen and oxygen atoms in total. The Morgan fingerprint density at radius 3 is 2.71 bits per heavy atom. The zero-order chi connectivity index (χ0) is 15.1. The Balaban J connectivity index is 2.04. The smallest absolute Gasteiger partial charge is 0.339 e. The molecule has 1 aliphatic rings. The van der Waals surface area contributed by atoms with Crippen molar-refractivity contribution in [2.45, 2.75) is 6.54 Å². The maximum absolute atomic E-state index is 12.1. The Labute approximate surface area is 119 Å². The lowest BCUT2D eigenvalue weighted by Crippen LogP contribution is -2.30. The number of aryl methyl sites for hydroxylation is 1. The third-order valence-corrected chi connectivity index (χ3v) is 3.48. The van der Waals surface area contributed by atoms with E-state index in [-0.39, 0.29) is 12.1 Å². The molecule has 0 saturated heterocycles. The molecule has 0 spiro atoms. The Morgan fingerprint density at radius 1 is 1.29 bits per heavy atom. The maximum atomic E-state index is 12.1. The topological polar surface area (TPSA) is 92.5 Å². The molecule has 1 aromatic carbocycles. The molecule has 2 heterocycles. The predicted molar refractivity (Wildman–Crippen MR) is 72.1 cm³/mol. The number of aromatic nitrogens is 2. The van der Waals surface area contributed by atoms with Gasteiger partial charge in [-0.15, -0.1) is 0 Å². The Bertz CT molecular complexity index is 778. The molecule has 0 atom stereocenters. The Kier molecular flexibility index (Phi) is 2.83. The lowest BCUT2D eigenvalue weighted by molar-refractivity contribution is -0.114. The normalized spacial score (nSPS) is 13.7. The van der Waals surface area contributed by atoms with Gasteiger partial charge in [0.15, 0.2) is 0 Å². The number of benzene rings is 1. The van der Waals surface area contributed by atoms with Gasteiger partial charge >= 0.3 is 5.97 Å². The number of hydrogen-bond donors (Lipinski definition) is 1. The van der Waals surface area contributed by atoms with Crippen LogP contribution in [0.5, 0.6) is 0 Å². The molecule has 1 N–H and O–H groups in total. The van der Waals surface area contributed by atoms with Gasteiger partial charge in [0.1, 0.15) is 5.56 Å². The number of carbonyl (C=O) groups is 3. The molecule has 0 saturated carbocycles. The first-order chi connectivity index (χ1) is 10.0. The number of rotatable bonds is 3. The van der Waals surface area contributed by atoms with Crippen molar-refractivity contribution in [1.82, 2.24) is 9.78 Å². The van der Waals surface area contributed by atoms with Gasteiger partial charge in [0, 0.05) is 7.05 Å². The average molecular weight is 285 g/mol. The average Bonchev–Trinajstić information content (AvgIpc) is 2.94. The van der Waals surface area contributed by atoms with E-state index in [1.165, 1.54) is 15.8 Å². The zero-order valence-electron chi connectivity index (χ0n) is 11.1. The largest absolute Gasteiger partial charge is 0.478 e. The Morgan fingerprint density at radius 2 is 2.00 bits per heavy atom. The summed E-state index contributed by atoms with van der Waals surface area (Å²) in [4.78, 5) is 36.4. The molecule has 0 aliphatic carbocycles. The SMILES string of the molecule is Cn1ncc(C(=O)O)c1CN1C(=O)C(=O)c2ccccc21. The van der Waals surface area contributed by atoms with Crippen LogP contribution in [0.15, 0.2) is 30.5 Å². The van der Waals surface area contributed by atoms with E-state index in [0.717, 1.165) is 0 Å². The van der Waals surface area contributed by atoms with Crippen LogP contribution >= 0.6 is 0 Å². The molecule has 0 unspecified atom stereocenters. The molecule has 7 heteroatoms. The highest BCUT2D eigenvalue weighted by atomic mass is 16.4. The van der Waals surface area contributed by atoms with Crippen LogP contribution in [0.4, 0.5) is 5.69 Å². The number of carboxylic acid groups (broad SMARTS) is 1. The predicted octanol–water partition coefficient (Wildman–Crippen LogP) is 0.848. The van der Waals surface area contributed by atoms with Crippen LogP contribution in [0.2, 0.25) is 0 Å². The van der Waals surface area contributed by atoms with E-state index in [9.17, 15) is 14.4 Å². The first-order valence-corrected chi connectivity index (χ1v) is 6.20. The minimum Gasteiger partial charge on any atom is -0.478 e. The number of para-hydroxylation sites is 1. The number of aromatic carboxylic acids is 1. The van der Waals surface area contributed by atoms with E-state index < -0.39 is 17.7 Å². The molecule has 3 rings (SSSR count). The van der Waals surface area contributed by atoms with Gasteiger partial charge in [0.2, 0.25) is 0 Å². The van der Waals surface area contributed by atoms with Gasteiger partial charge < -0.3 is 5.11 Å². The van der Waals surface area contributed by atoms with Gasteiger partial charge in [-0.25, -0.2) is 4.79 Å². The Hall–Kier alpha value is -2.96. The molecular formula is C14H11N3O4. The van der Waals surface area contributed by atoms with E-state index >= 15 is 0 Å². The lowest BCUT2D eigenvalue weighted by atomic mass is 10.1. The standard InChI is InChI=1S/C14H11N3O4/c1-16-11(9(6-15-16)14(20)21)7-17-10-5-3-2-4-8(10)12(18)13(17)19/h2-6H,7H2,1H3,(H,20,21). The quantitative estimate of drug-likeness (QED) is 0.844. The summed E-state index contributed by atoms with van der Waals surface area (Å²) in [6.45, 7) is -0.0142. The number of Topliss-reactive ketones (excluding diaryl/α,β-unsaturated/α-hetero) is 1. The second kappa shape index (κ2) is 4.55. The van der Waals surface area contributed by atoms with Crippen molar-refractivity contribution in [2.24, 2.45) is 7.05 Å². The summed E-state index contributed by atoms with van der Waals surface area (Å²) in [6.07, 6.45) is 1.23. The fourth-order valence-corrected chi connectivity index (χ4v) is 2.38. The monoisotopic (exact) mass is 285 g/mol. The lowest BCUT2D eigenvalue weighted by Gasteiger charge is -2.17. The summed E-state index contributed by atoms with van der Waals surface area (Å²) in [5, 5.41) is 13.0. The van der Waals surface area contributed by atoms with Gasteiger partial charge in [-0.05, 0) is 12.1 Å². The van der Waals surface area contributed by atoms with Gasteiger partial charge in [-0.3, -0.25) is 19.2 Å². The molecule has 1 aliphatic heterocycles. The summed E-state index contributed by atoms with van der Waals surface area (Å²) < 4.78 is 1.39. The molecule has 0 bridgehead atoms. The van der Waals surface area contributed by atoms with E-state index in [2.05, 4.69) is 5.10 Å². The van der Waals surface area contributed by atoms with Crippen LogP contribution in [0.3, 0.4) is 0 Å². The van der Waals surface area contributed by atoms with E-state index in [1.54, 1.807) is 31.3 Å². The minimum absolute atomic E-state index is 0.0142. The first-order valence-electron chi connectivity index (χ1n) is 6.20. The molecule has 0 radical (unpaired) electrons. The highest BCUT2D eigenvalue weighted by Gasteiger charge is 2.36. The van der Waals surface area contributed by atoms with Gasteiger partial charge in [0.05, 0.1) is 29.7 Å². The number of amides is 1. The van der Waals surface area contributed by atoms with Crippen molar-refractivity contribution in [3.05, 3.63) is 47.3 Å². The van der Waals surface area contributed by atoms with Gasteiger partial charge in [-0.2, -0.15) is 5.10 Å². The van der Waals surface area contributed by atoms with Crippen molar-refractivity contribution >= 4 is 23.3 Å². The molecule has 106 valence electrons. The molecule has 1 aromatic heterocycles. The van der Waals surface area contributed by atoms with Crippen molar-refractivity contribution in [3.63, 3.8) is 0 Å².